The third kappa shape index (κ3) is 2.50. The van der Waals surface area contributed by atoms with Crippen molar-refractivity contribution < 1.29 is 5.11 Å². The minimum absolute atomic E-state index is 0.192. The highest BCUT2D eigenvalue weighted by atomic mass is 79.9. The summed E-state index contributed by atoms with van der Waals surface area (Å²) in [6.45, 7) is 7.45. The van der Waals surface area contributed by atoms with E-state index in [9.17, 15) is 5.11 Å². The van der Waals surface area contributed by atoms with E-state index in [0.717, 1.165) is 16.6 Å². The highest BCUT2D eigenvalue weighted by Gasteiger charge is 2.33. The average Bonchev–Trinajstić information content (AvgIpc) is 2.58. The molecule has 1 aliphatic rings. The molecular formula is C14H20BrNO. The minimum atomic E-state index is -0.432. The number of hydrogen-bond donors (Lipinski definition) is 1. The first-order chi connectivity index (χ1) is 7.92. The van der Waals surface area contributed by atoms with E-state index in [0.29, 0.717) is 0 Å². The van der Waals surface area contributed by atoms with Gasteiger partial charge in [-0.05, 0) is 51.8 Å². The van der Waals surface area contributed by atoms with Crippen molar-refractivity contribution in [2.24, 2.45) is 0 Å². The van der Waals surface area contributed by atoms with E-state index in [2.05, 4.69) is 46.8 Å². The van der Waals surface area contributed by atoms with Gasteiger partial charge in [0.25, 0.3) is 0 Å². The van der Waals surface area contributed by atoms with Crippen LogP contribution in [0, 0.1) is 0 Å². The standard InChI is InChI=1S/C14H20BrNO/c1-10(17)12-9-11(15)5-6-13(12)16-8-4-7-14(16,2)3/h5-6,9-10,17H,4,7-8H2,1-3H3. The van der Waals surface area contributed by atoms with Crippen LogP contribution in [0.5, 0.6) is 0 Å². The summed E-state index contributed by atoms with van der Waals surface area (Å²) < 4.78 is 1.02. The van der Waals surface area contributed by atoms with Crippen molar-refractivity contribution in [2.75, 3.05) is 11.4 Å². The van der Waals surface area contributed by atoms with E-state index >= 15 is 0 Å². The molecule has 0 radical (unpaired) electrons. The number of nitrogens with zero attached hydrogens (tertiary/aromatic N) is 1. The first-order valence-corrected chi connectivity index (χ1v) is 6.96. The smallest absolute Gasteiger partial charge is 0.0782 e. The molecule has 94 valence electrons. The van der Waals surface area contributed by atoms with Crippen molar-refractivity contribution in [1.29, 1.82) is 0 Å². The third-order valence-electron chi connectivity index (χ3n) is 3.63. The van der Waals surface area contributed by atoms with Gasteiger partial charge in [-0.15, -0.1) is 0 Å². The fourth-order valence-corrected chi connectivity index (χ4v) is 3.04. The zero-order valence-corrected chi connectivity index (χ0v) is 12.3. The topological polar surface area (TPSA) is 23.5 Å². The quantitative estimate of drug-likeness (QED) is 0.895. The van der Waals surface area contributed by atoms with E-state index < -0.39 is 6.10 Å². The minimum Gasteiger partial charge on any atom is -0.389 e. The molecule has 0 amide bonds. The highest BCUT2D eigenvalue weighted by Crippen LogP contribution is 2.38. The van der Waals surface area contributed by atoms with Crippen LogP contribution in [-0.4, -0.2) is 17.2 Å². The van der Waals surface area contributed by atoms with Crippen molar-refractivity contribution in [2.45, 2.75) is 45.3 Å². The maximum atomic E-state index is 9.91. The Balaban J connectivity index is 2.44. The number of benzene rings is 1. The van der Waals surface area contributed by atoms with Gasteiger partial charge in [0.2, 0.25) is 0 Å². The van der Waals surface area contributed by atoms with E-state index in [1.54, 1.807) is 0 Å². The molecule has 1 aromatic rings. The average molecular weight is 298 g/mol. The molecule has 3 heteroatoms. The van der Waals surface area contributed by atoms with Crippen LogP contribution in [0.3, 0.4) is 0 Å². The van der Waals surface area contributed by atoms with Crippen molar-refractivity contribution >= 4 is 21.6 Å². The van der Waals surface area contributed by atoms with Crippen LogP contribution < -0.4 is 4.90 Å². The Bertz CT molecular complexity index is 415. The van der Waals surface area contributed by atoms with Gasteiger partial charge in [0.15, 0.2) is 0 Å². The number of aliphatic hydroxyl groups excluding tert-OH is 1. The summed E-state index contributed by atoms with van der Waals surface area (Å²) in [6.07, 6.45) is 2.00. The van der Waals surface area contributed by atoms with Gasteiger partial charge >= 0.3 is 0 Å². The maximum absolute atomic E-state index is 9.91. The number of halogens is 1. The Morgan fingerprint density at radius 3 is 2.65 bits per heavy atom. The van der Waals surface area contributed by atoms with Gasteiger partial charge < -0.3 is 10.0 Å². The van der Waals surface area contributed by atoms with Crippen LogP contribution in [0.4, 0.5) is 5.69 Å². The first-order valence-electron chi connectivity index (χ1n) is 6.17. The number of anilines is 1. The molecule has 0 aliphatic carbocycles. The van der Waals surface area contributed by atoms with Gasteiger partial charge in [-0.2, -0.15) is 0 Å². The van der Waals surface area contributed by atoms with Crippen molar-refractivity contribution in [3.8, 4) is 0 Å². The van der Waals surface area contributed by atoms with Crippen LogP contribution in [0.2, 0.25) is 0 Å². The van der Waals surface area contributed by atoms with Crippen LogP contribution in [0.15, 0.2) is 22.7 Å². The molecule has 1 aromatic carbocycles. The van der Waals surface area contributed by atoms with Crippen LogP contribution in [0.25, 0.3) is 0 Å². The molecule has 0 aromatic heterocycles. The Morgan fingerprint density at radius 2 is 2.12 bits per heavy atom. The van der Waals surface area contributed by atoms with Gasteiger partial charge in [-0.1, -0.05) is 15.9 Å². The molecule has 1 fully saturated rings. The predicted molar refractivity (Wildman–Crippen MR) is 75.4 cm³/mol. The molecule has 0 saturated carbocycles. The molecule has 0 bridgehead atoms. The molecule has 1 unspecified atom stereocenters. The largest absolute Gasteiger partial charge is 0.389 e. The summed E-state index contributed by atoms with van der Waals surface area (Å²) >= 11 is 3.47. The normalized spacial score (nSPS) is 20.6. The molecule has 1 saturated heterocycles. The van der Waals surface area contributed by atoms with Crippen LogP contribution >= 0.6 is 15.9 Å². The van der Waals surface area contributed by atoms with E-state index in [-0.39, 0.29) is 5.54 Å². The third-order valence-corrected chi connectivity index (χ3v) is 4.12. The lowest BCUT2D eigenvalue weighted by atomic mass is 9.99. The zero-order chi connectivity index (χ0) is 12.6. The second-order valence-corrected chi connectivity index (χ2v) is 6.36. The van der Waals surface area contributed by atoms with Crippen molar-refractivity contribution in [3.05, 3.63) is 28.2 Å². The lowest BCUT2D eigenvalue weighted by molar-refractivity contribution is 0.199. The van der Waals surface area contributed by atoms with Crippen molar-refractivity contribution in [1.82, 2.24) is 0 Å². The molecule has 1 heterocycles. The molecule has 1 atom stereocenters. The van der Waals surface area contributed by atoms with E-state index in [1.165, 1.54) is 18.5 Å². The Labute approximate surface area is 112 Å². The number of aliphatic hydroxyl groups is 1. The monoisotopic (exact) mass is 297 g/mol. The fraction of sp³-hybridized carbons (Fsp3) is 0.571. The summed E-state index contributed by atoms with van der Waals surface area (Å²) in [6, 6.07) is 6.18. The molecule has 2 nitrogen and oxygen atoms in total. The summed E-state index contributed by atoms with van der Waals surface area (Å²) in [5.41, 5.74) is 2.37. The summed E-state index contributed by atoms with van der Waals surface area (Å²) in [4.78, 5) is 2.42. The van der Waals surface area contributed by atoms with E-state index in [4.69, 9.17) is 0 Å². The Kier molecular flexibility index (Phi) is 3.50. The first kappa shape index (κ1) is 12.9. The van der Waals surface area contributed by atoms with Crippen LogP contribution in [-0.2, 0) is 0 Å². The van der Waals surface area contributed by atoms with Gasteiger partial charge in [0.05, 0.1) is 6.10 Å². The molecule has 2 rings (SSSR count). The summed E-state index contributed by atoms with van der Waals surface area (Å²) in [7, 11) is 0. The lowest BCUT2D eigenvalue weighted by Gasteiger charge is -2.35. The van der Waals surface area contributed by atoms with Gasteiger partial charge in [0, 0.05) is 27.8 Å². The molecule has 0 spiro atoms. The van der Waals surface area contributed by atoms with Crippen molar-refractivity contribution in [3.63, 3.8) is 0 Å². The molecule has 1 N–H and O–H groups in total. The number of hydrogen-bond acceptors (Lipinski definition) is 2. The van der Waals surface area contributed by atoms with Crippen LogP contribution in [0.1, 0.15) is 45.3 Å². The molecule has 17 heavy (non-hydrogen) atoms. The molecule has 1 aliphatic heterocycles. The van der Waals surface area contributed by atoms with Gasteiger partial charge in [0.1, 0.15) is 0 Å². The number of rotatable bonds is 2. The fourth-order valence-electron chi connectivity index (χ4n) is 2.66. The maximum Gasteiger partial charge on any atom is 0.0782 e. The van der Waals surface area contributed by atoms with Gasteiger partial charge in [-0.25, -0.2) is 0 Å². The van der Waals surface area contributed by atoms with Gasteiger partial charge in [-0.3, -0.25) is 0 Å². The SMILES string of the molecule is CC(O)c1cc(Br)ccc1N1CCCC1(C)C. The second-order valence-electron chi connectivity index (χ2n) is 5.45. The van der Waals surface area contributed by atoms with E-state index in [1.807, 2.05) is 13.0 Å². The Hall–Kier alpha value is -0.540. The summed E-state index contributed by atoms with van der Waals surface area (Å²) in [5, 5.41) is 9.91. The zero-order valence-electron chi connectivity index (χ0n) is 10.7. The predicted octanol–water partition coefficient (Wildman–Crippen LogP) is 3.88. The lowest BCUT2D eigenvalue weighted by Crippen LogP contribution is -2.38. The highest BCUT2D eigenvalue weighted by molar-refractivity contribution is 9.10. The molecular weight excluding hydrogens is 278 g/mol. The second kappa shape index (κ2) is 4.62. The Morgan fingerprint density at radius 1 is 1.41 bits per heavy atom. The summed E-state index contributed by atoms with van der Waals surface area (Å²) in [5.74, 6) is 0.